The largest absolute Gasteiger partial charge is 0.449 e. The summed E-state index contributed by atoms with van der Waals surface area (Å²) in [4.78, 5) is 10.7. The van der Waals surface area contributed by atoms with E-state index in [1.807, 2.05) is 0 Å². The molecular formula is C9H12N2O3. The number of fused-ring (bicyclic) bond motifs is 1. The van der Waals surface area contributed by atoms with Gasteiger partial charge in [0.05, 0.1) is 0 Å². The van der Waals surface area contributed by atoms with Crippen molar-refractivity contribution >= 4 is 6.29 Å². The van der Waals surface area contributed by atoms with Crippen molar-refractivity contribution in [3.05, 3.63) is 5.69 Å². The van der Waals surface area contributed by atoms with Crippen LogP contribution in [0.25, 0.3) is 0 Å². The highest BCUT2D eigenvalue weighted by Gasteiger charge is 2.25. The van der Waals surface area contributed by atoms with Crippen LogP contribution >= 0.6 is 0 Å². The molecule has 5 nitrogen and oxygen atoms in total. The highest BCUT2D eigenvalue weighted by Crippen LogP contribution is 2.35. The maximum Gasteiger partial charge on any atom is 0.259 e. The summed E-state index contributed by atoms with van der Waals surface area (Å²) < 4.78 is 12.1. The molecule has 1 aromatic heterocycles. The average Bonchev–Trinajstić information content (AvgIpc) is 2.67. The van der Waals surface area contributed by atoms with Gasteiger partial charge in [-0.2, -0.15) is 5.10 Å². The van der Waals surface area contributed by atoms with E-state index >= 15 is 0 Å². The molecule has 5 heteroatoms. The summed E-state index contributed by atoms with van der Waals surface area (Å²) >= 11 is 0. The minimum absolute atomic E-state index is 0.173. The van der Waals surface area contributed by atoms with Gasteiger partial charge in [0.25, 0.3) is 5.88 Å². The van der Waals surface area contributed by atoms with Gasteiger partial charge in [0, 0.05) is 6.54 Å². The van der Waals surface area contributed by atoms with Gasteiger partial charge in [0.1, 0.15) is 0 Å². The van der Waals surface area contributed by atoms with Crippen LogP contribution in [0.3, 0.4) is 0 Å². The van der Waals surface area contributed by atoms with Gasteiger partial charge < -0.3 is 9.47 Å². The van der Waals surface area contributed by atoms with Crippen LogP contribution in [0.4, 0.5) is 0 Å². The zero-order chi connectivity index (χ0) is 10.1. The number of carbonyl (C=O) groups is 1. The van der Waals surface area contributed by atoms with E-state index in [1.54, 1.807) is 4.68 Å². The molecule has 0 unspecified atom stereocenters. The minimum Gasteiger partial charge on any atom is -0.449 e. The van der Waals surface area contributed by atoms with Crippen LogP contribution < -0.4 is 9.47 Å². The Morgan fingerprint density at radius 3 is 3.00 bits per heavy atom. The van der Waals surface area contributed by atoms with Crippen molar-refractivity contribution in [3.8, 4) is 11.6 Å². The van der Waals surface area contributed by atoms with E-state index in [0.717, 1.165) is 6.54 Å². The molecule has 1 aliphatic rings. The Labute approximate surface area is 81.6 Å². The number of hydrogen-bond donors (Lipinski definition) is 0. The fourth-order valence-corrected chi connectivity index (χ4v) is 1.41. The molecule has 0 fully saturated rings. The third-order valence-electron chi connectivity index (χ3n) is 1.94. The lowest BCUT2D eigenvalue weighted by atomic mass is 10.2. The molecule has 0 amide bonds. The van der Waals surface area contributed by atoms with E-state index in [9.17, 15) is 4.79 Å². The molecule has 0 radical (unpaired) electrons. The van der Waals surface area contributed by atoms with Crippen LogP contribution in [0.1, 0.15) is 24.3 Å². The van der Waals surface area contributed by atoms with E-state index in [-0.39, 0.29) is 6.79 Å². The second-order valence-electron chi connectivity index (χ2n) is 3.62. The van der Waals surface area contributed by atoms with Gasteiger partial charge in [0.2, 0.25) is 12.5 Å². The van der Waals surface area contributed by atoms with Crippen molar-refractivity contribution in [1.29, 1.82) is 0 Å². The molecule has 1 aromatic rings. The van der Waals surface area contributed by atoms with Gasteiger partial charge in [-0.25, -0.2) is 4.68 Å². The van der Waals surface area contributed by atoms with Crippen molar-refractivity contribution in [1.82, 2.24) is 9.78 Å². The summed E-state index contributed by atoms with van der Waals surface area (Å²) in [7, 11) is 0. The number of rotatable bonds is 3. The fraction of sp³-hybridized carbons (Fsp3) is 0.556. The molecule has 0 saturated carbocycles. The number of nitrogens with zero attached hydrogens (tertiary/aromatic N) is 2. The van der Waals surface area contributed by atoms with E-state index in [0.29, 0.717) is 29.5 Å². The number of aldehydes is 1. The first-order chi connectivity index (χ1) is 6.72. The molecular weight excluding hydrogens is 184 g/mol. The molecule has 0 bridgehead atoms. The lowest BCUT2D eigenvalue weighted by Crippen LogP contribution is -2.09. The molecule has 14 heavy (non-hydrogen) atoms. The van der Waals surface area contributed by atoms with Crippen LogP contribution in [0.15, 0.2) is 0 Å². The standard InChI is InChI=1S/C9H12N2O3/c1-6(2)3-11-9-8(13-5-14-9)7(4-12)10-11/h4,6H,3,5H2,1-2H3. The van der Waals surface area contributed by atoms with Gasteiger partial charge >= 0.3 is 0 Å². The molecule has 0 atom stereocenters. The molecule has 76 valence electrons. The average molecular weight is 196 g/mol. The predicted octanol–water partition coefficient (Wildman–Crippen LogP) is 1.08. The van der Waals surface area contributed by atoms with Gasteiger partial charge in [-0.1, -0.05) is 13.8 Å². The second kappa shape index (κ2) is 3.32. The molecule has 1 aliphatic heterocycles. The predicted molar refractivity (Wildman–Crippen MR) is 48.6 cm³/mol. The van der Waals surface area contributed by atoms with Gasteiger partial charge in [0.15, 0.2) is 12.0 Å². The summed E-state index contributed by atoms with van der Waals surface area (Å²) in [6, 6.07) is 0. The summed E-state index contributed by atoms with van der Waals surface area (Å²) in [5, 5.41) is 4.09. The maximum absolute atomic E-state index is 10.7. The number of carbonyl (C=O) groups excluding carboxylic acids is 1. The minimum atomic E-state index is 0.173. The zero-order valence-electron chi connectivity index (χ0n) is 8.19. The second-order valence-corrected chi connectivity index (χ2v) is 3.62. The fourth-order valence-electron chi connectivity index (χ4n) is 1.41. The van der Waals surface area contributed by atoms with Gasteiger partial charge in [-0.15, -0.1) is 0 Å². The quantitative estimate of drug-likeness (QED) is 0.679. The van der Waals surface area contributed by atoms with Crippen molar-refractivity contribution in [3.63, 3.8) is 0 Å². The van der Waals surface area contributed by atoms with E-state index < -0.39 is 0 Å². The van der Waals surface area contributed by atoms with Crippen LogP contribution in [0, 0.1) is 5.92 Å². The molecule has 2 heterocycles. The lowest BCUT2D eigenvalue weighted by molar-refractivity contribution is 0.110. The Balaban J connectivity index is 2.36. The van der Waals surface area contributed by atoms with Crippen molar-refractivity contribution in [2.75, 3.05) is 6.79 Å². The lowest BCUT2D eigenvalue weighted by Gasteiger charge is -2.06. The Morgan fingerprint density at radius 2 is 2.36 bits per heavy atom. The summed E-state index contributed by atoms with van der Waals surface area (Å²) in [5.41, 5.74) is 0.318. The molecule has 0 spiro atoms. The third-order valence-corrected chi connectivity index (χ3v) is 1.94. The Kier molecular flexibility index (Phi) is 2.15. The summed E-state index contributed by atoms with van der Waals surface area (Å²) in [6.07, 6.45) is 0.685. The molecule has 0 N–H and O–H groups in total. The van der Waals surface area contributed by atoms with Crippen LogP contribution in [0.2, 0.25) is 0 Å². The van der Waals surface area contributed by atoms with E-state index in [1.165, 1.54) is 0 Å². The zero-order valence-corrected chi connectivity index (χ0v) is 8.19. The first-order valence-electron chi connectivity index (χ1n) is 4.54. The van der Waals surface area contributed by atoms with Crippen LogP contribution in [-0.4, -0.2) is 22.9 Å². The topological polar surface area (TPSA) is 53.4 Å². The molecule has 0 aliphatic carbocycles. The highest BCUT2D eigenvalue weighted by atomic mass is 16.7. The Hall–Kier alpha value is -1.52. The van der Waals surface area contributed by atoms with E-state index in [2.05, 4.69) is 18.9 Å². The summed E-state index contributed by atoms with van der Waals surface area (Å²) in [5.74, 6) is 1.49. The summed E-state index contributed by atoms with van der Waals surface area (Å²) in [6.45, 7) is 5.04. The number of aromatic nitrogens is 2. The molecule has 2 rings (SSSR count). The smallest absolute Gasteiger partial charge is 0.259 e. The van der Waals surface area contributed by atoms with Crippen molar-refractivity contribution in [2.45, 2.75) is 20.4 Å². The number of ether oxygens (including phenoxy) is 2. The first-order valence-corrected chi connectivity index (χ1v) is 4.54. The monoisotopic (exact) mass is 196 g/mol. The number of hydrogen-bond acceptors (Lipinski definition) is 4. The van der Waals surface area contributed by atoms with Crippen LogP contribution in [-0.2, 0) is 6.54 Å². The highest BCUT2D eigenvalue weighted by molar-refractivity contribution is 5.78. The normalized spacial score (nSPS) is 13.6. The Morgan fingerprint density at radius 1 is 1.57 bits per heavy atom. The van der Waals surface area contributed by atoms with E-state index in [4.69, 9.17) is 9.47 Å². The molecule has 0 aromatic carbocycles. The van der Waals surface area contributed by atoms with Crippen molar-refractivity contribution in [2.24, 2.45) is 5.92 Å². The Bertz CT molecular complexity index is 357. The SMILES string of the molecule is CC(C)Cn1nc(C=O)c2c1OCO2. The molecule has 0 saturated heterocycles. The van der Waals surface area contributed by atoms with Crippen molar-refractivity contribution < 1.29 is 14.3 Å². The van der Waals surface area contributed by atoms with Gasteiger partial charge in [-0.05, 0) is 5.92 Å². The first kappa shape index (κ1) is 9.05. The third kappa shape index (κ3) is 1.34. The van der Waals surface area contributed by atoms with Crippen LogP contribution in [0.5, 0.6) is 11.6 Å². The maximum atomic E-state index is 10.7. The van der Waals surface area contributed by atoms with Gasteiger partial charge in [-0.3, -0.25) is 4.79 Å².